The van der Waals surface area contributed by atoms with Crippen LogP contribution in [0.25, 0.3) is 11.1 Å². The van der Waals surface area contributed by atoms with Crippen LogP contribution in [0.3, 0.4) is 0 Å². The van der Waals surface area contributed by atoms with Gasteiger partial charge in [0.2, 0.25) is 5.89 Å². The molecule has 0 aliphatic heterocycles. The third-order valence-electron chi connectivity index (χ3n) is 4.32. The summed E-state index contributed by atoms with van der Waals surface area (Å²) in [5, 5.41) is 9.29. The average Bonchev–Trinajstić information content (AvgIpc) is 2.97. The highest BCUT2D eigenvalue weighted by Crippen LogP contribution is 2.29. The van der Waals surface area contributed by atoms with Crippen LogP contribution in [0.5, 0.6) is 0 Å². The highest BCUT2D eigenvalue weighted by atomic mass is 32.2. The summed E-state index contributed by atoms with van der Waals surface area (Å²) < 4.78 is 33.9. The molecule has 3 aromatic rings. The highest BCUT2D eigenvalue weighted by Gasteiger charge is 2.23. The number of benzene rings is 2. The van der Waals surface area contributed by atoms with Gasteiger partial charge < -0.3 is 9.52 Å². The second-order valence-corrected chi connectivity index (χ2v) is 9.45. The number of anilines is 1. The quantitative estimate of drug-likeness (QED) is 0.675. The van der Waals surface area contributed by atoms with E-state index in [2.05, 4.69) is 9.71 Å². The number of fused-ring (bicyclic) bond motifs is 1. The molecular formula is C20H22N2O5S. The number of carboxylic acids is 1. The molecule has 0 radical (unpaired) electrons. The lowest BCUT2D eigenvalue weighted by Gasteiger charge is -2.12. The van der Waals surface area contributed by atoms with Crippen molar-refractivity contribution in [2.24, 2.45) is 0 Å². The highest BCUT2D eigenvalue weighted by molar-refractivity contribution is 7.92. The second kappa shape index (κ2) is 6.63. The monoisotopic (exact) mass is 402 g/mol. The Bertz CT molecular complexity index is 1190. The number of aromatic carboxylic acids is 1. The van der Waals surface area contributed by atoms with Crippen molar-refractivity contribution in [3.8, 4) is 0 Å². The number of oxazole rings is 1. The zero-order chi connectivity index (χ0) is 20.9. The molecule has 0 saturated carbocycles. The Morgan fingerprint density at radius 3 is 2.39 bits per heavy atom. The SMILES string of the molecule is Cc1cc(C)c(S(=O)(=O)Nc2ccc3oc(C(C)(C)C)nc3c2)cc1C(=O)O. The molecule has 148 valence electrons. The number of sulfonamides is 1. The van der Waals surface area contributed by atoms with Crippen molar-refractivity contribution in [1.82, 2.24) is 4.98 Å². The number of nitrogens with one attached hydrogen (secondary N) is 1. The Morgan fingerprint density at radius 1 is 1.11 bits per heavy atom. The van der Waals surface area contributed by atoms with Crippen LogP contribution in [0.1, 0.15) is 48.1 Å². The summed E-state index contributed by atoms with van der Waals surface area (Å²) in [7, 11) is -3.98. The minimum atomic E-state index is -3.98. The Balaban J connectivity index is 2.01. The lowest BCUT2D eigenvalue weighted by atomic mass is 9.97. The van der Waals surface area contributed by atoms with E-state index in [9.17, 15) is 18.3 Å². The Labute approximate surface area is 163 Å². The fourth-order valence-electron chi connectivity index (χ4n) is 2.87. The first-order valence-corrected chi connectivity index (χ1v) is 10.2. The van der Waals surface area contributed by atoms with Crippen molar-refractivity contribution in [3.05, 3.63) is 52.9 Å². The number of carbonyl (C=O) groups is 1. The van der Waals surface area contributed by atoms with Gasteiger partial charge in [0.1, 0.15) is 5.52 Å². The first kappa shape index (κ1) is 19.9. The predicted molar refractivity (Wildman–Crippen MR) is 106 cm³/mol. The Morgan fingerprint density at radius 2 is 1.79 bits per heavy atom. The van der Waals surface area contributed by atoms with E-state index >= 15 is 0 Å². The Kier molecular flexibility index (Phi) is 4.71. The maximum absolute atomic E-state index is 12.9. The molecule has 1 heterocycles. The van der Waals surface area contributed by atoms with Crippen molar-refractivity contribution in [1.29, 1.82) is 0 Å². The van der Waals surface area contributed by atoms with Gasteiger partial charge in [-0.25, -0.2) is 18.2 Å². The third-order valence-corrected chi connectivity index (χ3v) is 5.85. The summed E-state index contributed by atoms with van der Waals surface area (Å²) in [6.45, 7) is 9.18. The number of nitrogens with zero attached hydrogens (tertiary/aromatic N) is 1. The minimum Gasteiger partial charge on any atom is -0.478 e. The molecular weight excluding hydrogens is 380 g/mol. The molecule has 8 heteroatoms. The van der Waals surface area contributed by atoms with Crippen LogP contribution >= 0.6 is 0 Å². The van der Waals surface area contributed by atoms with Crippen molar-refractivity contribution in [2.45, 2.75) is 44.9 Å². The zero-order valence-electron chi connectivity index (χ0n) is 16.3. The number of hydrogen-bond acceptors (Lipinski definition) is 5. The van der Waals surface area contributed by atoms with E-state index in [1.807, 2.05) is 20.8 Å². The maximum Gasteiger partial charge on any atom is 0.335 e. The molecule has 0 spiro atoms. The van der Waals surface area contributed by atoms with Crippen LogP contribution in [0.2, 0.25) is 0 Å². The number of carboxylic acid groups (broad SMARTS) is 1. The van der Waals surface area contributed by atoms with E-state index in [4.69, 9.17) is 4.42 Å². The average molecular weight is 402 g/mol. The minimum absolute atomic E-state index is 0.0484. The molecule has 1 aromatic heterocycles. The summed E-state index contributed by atoms with van der Waals surface area (Å²) in [4.78, 5) is 15.7. The summed E-state index contributed by atoms with van der Waals surface area (Å²) in [5.41, 5.74) is 2.07. The van der Waals surface area contributed by atoms with E-state index in [-0.39, 0.29) is 15.9 Å². The van der Waals surface area contributed by atoms with E-state index in [0.29, 0.717) is 33.8 Å². The van der Waals surface area contributed by atoms with E-state index < -0.39 is 16.0 Å². The van der Waals surface area contributed by atoms with Crippen molar-refractivity contribution >= 4 is 32.8 Å². The standard InChI is InChI=1S/C20H22N2O5S/c1-11-8-12(2)17(10-14(11)18(23)24)28(25,26)22-13-6-7-16-15(9-13)21-19(27-16)20(3,4)5/h6-10,22H,1-5H3,(H,23,24). The first-order valence-electron chi connectivity index (χ1n) is 8.67. The number of rotatable bonds is 4. The molecule has 3 rings (SSSR count). The lowest BCUT2D eigenvalue weighted by Crippen LogP contribution is -2.16. The van der Waals surface area contributed by atoms with Gasteiger partial charge in [0.25, 0.3) is 10.0 Å². The van der Waals surface area contributed by atoms with Crippen LogP contribution in [-0.4, -0.2) is 24.5 Å². The van der Waals surface area contributed by atoms with Crippen LogP contribution in [0, 0.1) is 13.8 Å². The number of hydrogen-bond donors (Lipinski definition) is 2. The molecule has 0 aliphatic rings. The molecule has 7 nitrogen and oxygen atoms in total. The molecule has 2 N–H and O–H groups in total. The van der Waals surface area contributed by atoms with Gasteiger partial charge in [-0.05, 0) is 49.2 Å². The smallest absolute Gasteiger partial charge is 0.335 e. The van der Waals surface area contributed by atoms with Gasteiger partial charge in [0.15, 0.2) is 5.58 Å². The largest absolute Gasteiger partial charge is 0.478 e. The summed E-state index contributed by atoms with van der Waals surface area (Å²) in [6.07, 6.45) is 0. The molecule has 0 atom stereocenters. The second-order valence-electron chi connectivity index (χ2n) is 7.79. The van der Waals surface area contributed by atoms with Gasteiger partial charge in [-0.1, -0.05) is 26.8 Å². The zero-order valence-corrected chi connectivity index (χ0v) is 17.1. The Hall–Kier alpha value is -2.87. The fraction of sp³-hybridized carbons (Fsp3) is 0.300. The summed E-state index contributed by atoms with van der Waals surface area (Å²) >= 11 is 0. The predicted octanol–water partition coefficient (Wildman–Crippen LogP) is 4.24. The van der Waals surface area contributed by atoms with Gasteiger partial charge in [0.05, 0.1) is 16.1 Å². The van der Waals surface area contributed by atoms with Crippen LogP contribution in [0.15, 0.2) is 39.6 Å². The fourth-order valence-corrected chi connectivity index (χ4v) is 4.18. The van der Waals surface area contributed by atoms with Crippen molar-refractivity contribution in [3.63, 3.8) is 0 Å². The maximum atomic E-state index is 12.9. The van der Waals surface area contributed by atoms with E-state index in [1.165, 1.54) is 6.07 Å². The summed E-state index contributed by atoms with van der Waals surface area (Å²) in [6, 6.07) is 7.56. The molecule has 0 unspecified atom stereocenters. The number of aryl methyl sites for hydroxylation is 2. The first-order chi connectivity index (χ1) is 12.9. The van der Waals surface area contributed by atoms with E-state index in [0.717, 1.165) is 0 Å². The van der Waals surface area contributed by atoms with Gasteiger partial charge in [0, 0.05) is 5.41 Å². The lowest BCUT2D eigenvalue weighted by molar-refractivity contribution is 0.0696. The molecule has 0 aliphatic carbocycles. The van der Waals surface area contributed by atoms with Gasteiger partial charge in [-0.3, -0.25) is 4.72 Å². The molecule has 0 amide bonds. The third kappa shape index (κ3) is 3.73. The molecule has 0 saturated heterocycles. The van der Waals surface area contributed by atoms with Crippen LogP contribution in [-0.2, 0) is 15.4 Å². The van der Waals surface area contributed by atoms with Crippen molar-refractivity contribution < 1.29 is 22.7 Å². The van der Waals surface area contributed by atoms with Gasteiger partial charge in [-0.15, -0.1) is 0 Å². The van der Waals surface area contributed by atoms with Gasteiger partial charge >= 0.3 is 5.97 Å². The van der Waals surface area contributed by atoms with E-state index in [1.54, 1.807) is 38.1 Å². The molecule has 2 aromatic carbocycles. The normalized spacial score (nSPS) is 12.3. The molecule has 0 bridgehead atoms. The van der Waals surface area contributed by atoms with Crippen molar-refractivity contribution in [2.75, 3.05) is 4.72 Å². The molecule has 0 fully saturated rings. The number of aromatic nitrogens is 1. The van der Waals surface area contributed by atoms with Gasteiger partial charge in [-0.2, -0.15) is 0 Å². The summed E-state index contributed by atoms with van der Waals surface area (Å²) in [5.74, 6) is -0.615. The molecule has 28 heavy (non-hydrogen) atoms. The van der Waals surface area contributed by atoms with Crippen LogP contribution in [0.4, 0.5) is 5.69 Å². The van der Waals surface area contributed by atoms with Crippen LogP contribution < -0.4 is 4.72 Å². The topological polar surface area (TPSA) is 110 Å².